The van der Waals surface area contributed by atoms with Gasteiger partial charge in [-0.3, -0.25) is 4.99 Å². The molecule has 1 fully saturated rings. The Morgan fingerprint density at radius 3 is 2.64 bits per heavy atom. The normalized spacial score (nSPS) is 16.8. The minimum absolute atomic E-state index is 0.0941. The second-order valence-corrected chi connectivity index (χ2v) is 8.15. The molecule has 0 aliphatic carbocycles. The van der Waals surface area contributed by atoms with Gasteiger partial charge in [-0.1, -0.05) is 12.1 Å². The summed E-state index contributed by atoms with van der Waals surface area (Å²) in [6, 6.07) is 8.67. The summed E-state index contributed by atoms with van der Waals surface area (Å²) in [6.45, 7) is 5.12. The van der Waals surface area contributed by atoms with Crippen LogP contribution in [0.1, 0.15) is 31.4 Å². The zero-order valence-corrected chi connectivity index (χ0v) is 16.1. The van der Waals surface area contributed by atoms with Crippen LogP contribution in [-0.2, 0) is 10.0 Å². The van der Waals surface area contributed by atoms with Gasteiger partial charge >= 0.3 is 0 Å². The molecule has 0 aromatic heterocycles. The molecule has 0 spiro atoms. The Bertz CT molecular complexity index is 684. The third kappa shape index (κ3) is 6.55. The molecule has 7 nitrogen and oxygen atoms in total. The number of aliphatic imine (C=N–C) groups is 1. The van der Waals surface area contributed by atoms with Gasteiger partial charge in [-0.05, 0) is 37.5 Å². The van der Waals surface area contributed by atoms with Gasteiger partial charge in [-0.25, -0.2) is 13.1 Å². The van der Waals surface area contributed by atoms with Gasteiger partial charge in [0, 0.05) is 38.9 Å². The third-order valence-electron chi connectivity index (χ3n) is 4.20. The molecular weight excluding hydrogens is 338 g/mol. The summed E-state index contributed by atoms with van der Waals surface area (Å²) in [6.07, 6.45) is 3.67. The molecule has 1 saturated heterocycles. The first-order chi connectivity index (χ1) is 11.9. The van der Waals surface area contributed by atoms with Gasteiger partial charge < -0.3 is 15.5 Å². The summed E-state index contributed by atoms with van der Waals surface area (Å²) >= 11 is 0. The Kier molecular flexibility index (Phi) is 7.07. The highest BCUT2D eigenvalue weighted by Crippen LogP contribution is 2.23. The summed E-state index contributed by atoms with van der Waals surface area (Å²) in [7, 11) is -1.46. The molecule has 1 unspecified atom stereocenters. The summed E-state index contributed by atoms with van der Waals surface area (Å²) in [5.74, 6) is 0.648. The van der Waals surface area contributed by atoms with E-state index in [2.05, 4.69) is 56.4 Å². The highest BCUT2D eigenvalue weighted by molar-refractivity contribution is 7.88. The Hall–Kier alpha value is -1.80. The fourth-order valence-electron chi connectivity index (χ4n) is 2.87. The van der Waals surface area contributed by atoms with E-state index in [1.54, 1.807) is 7.05 Å². The largest absolute Gasteiger partial charge is 0.372 e. The molecule has 2 rings (SSSR count). The van der Waals surface area contributed by atoms with E-state index >= 15 is 0 Å². The van der Waals surface area contributed by atoms with Crippen LogP contribution in [0.2, 0.25) is 0 Å². The summed E-state index contributed by atoms with van der Waals surface area (Å²) in [5.41, 5.74) is 2.46. The fraction of sp³-hybridized carbons (Fsp3) is 0.588. The smallest absolute Gasteiger partial charge is 0.208 e. The van der Waals surface area contributed by atoms with E-state index in [0.29, 0.717) is 19.0 Å². The summed E-state index contributed by atoms with van der Waals surface area (Å²) in [5, 5.41) is 6.46. The van der Waals surface area contributed by atoms with Crippen molar-refractivity contribution in [2.75, 3.05) is 44.4 Å². The van der Waals surface area contributed by atoms with Gasteiger partial charge in [-0.15, -0.1) is 0 Å². The van der Waals surface area contributed by atoms with Gasteiger partial charge in [0.1, 0.15) is 0 Å². The molecule has 0 saturated carbocycles. The highest BCUT2D eigenvalue weighted by atomic mass is 32.2. The van der Waals surface area contributed by atoms with Crippen LogP contribution < -0.4 is 20.3 Å². The van der Waals surface area contributed by atoms with E-state index < -0.39 is 10.0 Å². The SMILES string of the molecule is CN=C(NCCNS(C)(=O)=O)NC(C)c1cccc(N2CCCC2)c1. The number of rotatable bonds is 7. The average molecular weight is 368 g/mol. The first kappa shape index (κ1) is 19.5. The first-order valence-corrected chi connectivity index (χ1v) is 10.5. The number of guanidine groups is 1. The van der Waals surface area contributed by atoms with Gasteiger partial charge in [-0.2, -0.15) is 0 Å². The Balaban J connectivity index is 1.88. The Morgan fingerprint density at radius 2 is 2.00 bits per heavy atom. The number of benzene rings is 1. The molecule has 3 N–H and O–H groups in total. The number of nitrogens with zero attached hydrogens (tertiary/aromatic N) is 2. The second-order valence-electron chi connectivity index (χ2n) is 6.32. The molecule has 25 heavy (non-hydrogen) atoms. The lowest BCUT2D eigenvalue weighted by Crippen LogP contribution is -2.42. The van der Waals surface area contributed by atoms with Crippen LogP contribution in [0.4, 0.5) is 5.69 Å². The molecule has 1 aromatic carbocycles. The molecule has 0 radical (unpaired) electrons. The molecule has 140 valence electrons. The zero-order valence-electron chi connectivity index (χ0n) is 15.2. The van der Waals surface area contributed by atoms with Crippen LogP contribution in [-0.4, -0.2) is 53.9 Å². The maximum atomic E-state index is 11.1. The Morgan fingerprint density at radius 1 is 1.28 bits per heavy atom. The highest BCUT2D eigenvalue weighted by Gasteiger charge is 2.14. The number of anilines is 1. The van der Waals surface area contributed by atoms with Crippen LogP contribution in [0, 0.1) is 0 Å². The second kappa shape index (κ2) is 9.05. The van der Waals surface area contributed by atoms with E-state index in [1.807, 2.05) is 0 Å². The molecular formula is C17H29N5O2S. The maximum absolute atomic E-state index is 11.1. The van der Waals surface area contributed by atoms with Crippen molar-refractivity contribution >= 4 is 21.7 Å². The van der Waals surface area contributed by atoms with Crippen molar-refractivity contribution in [1.29, 1.82) is 0 Å². The van der Waals surface area contributed by atoms with Crippen LogP contribution in [0.5, 0.6) is 0 Å². The van der Waals surface area contributed by atoms with E-state index in [1.165, 1.54) is 24.1 Å². The lowest BCUT2D eigenvalue weighted by Gasteiger charge is -2.22. The predicted molar refractivity (Wildman–Crippen MR) is 104 cm³/mol. The zero-order chi connectivity index (χ0) is 18.3. The van der Waals surface area contributed by atoms with Gasteiger partial charge in [0.15, 0.2) is 5.96 Å². The monoisotopic (exact) mass is 367 g/mol. The number of hydrogen-bond acceptors (Lipinski definition) is 4. The minimum atomic E-state index is -3.16. The van der Waals surface area contributed by atoms with Gasteiger partial charge in [0.25, 0.3) is 0 Å². The van der Waals surface area contributed by atoms with E-state index in [9.17, 15) is 8.42 Å². The molecule has 1 heterocycles. The molecule has 1 aromatic rings. The van der Waals surface area contributed by atoms with Crippen molar-refractivity contribution in [3.05, 3.63) is 29.8 Å². The quantitative estimate of drug-likeness (QED) is 0.381. The van der Waals surface area contributed by atoms with Crippen LogP contribution in [0.3, 0.4) is 0 Å². The standard InChI is InChI=1S/C17H29N5O2S/c1-14(21-17(18-2)19-9-10-20-25(3,23)24)15-7-6-8-16(13-15)22-11-4-5-12-22/h6-8,13-14,20H,4-5,9-12H2,1-3H3,(H2,18,19,21). The van der Waals surface area contributed by atoms with Crippen LogP contribution in [0.25, 0.3) is 0 Å². The lowest BCUT2D eigenvalue weighted by atomic mass is 10.1. The summed E-state index contributed by atoms with van der Waals surface area (Å²) in [4.78, 5) is 6.61. The van der Waals surface area contributed by atoms with Gasteiger partial charge in [0.2, 0.25) is 10.0 Å². The van der Waals surface area contributed by atoms with Crippen LogP contribution >= 0.6 is 0 Å². The summed E-state index contributed by atoms with van der Waals surface area (Å²) < 4.78 is 24.6. The predicted octanol–water partition coefficient (Wildman–Crippen LogP) is 1.06. The minimum Gasteiger partial charge on any atom is -0.372 e. The van der Waals surface area contributed by atoms with Crippen molar-refractivity contribution in [3.63, 3.8) is 0 Å². The van der Waals surface area contributed by atoms with Crippen molar-refractivity contribution < 1.29 is 8.42 Å². The van der Waals surface area contributed by atoms with Crippen molar-refractivity contribution in [2.45, 2.75) is 25.8 Å². The number of sulfonamides is 1. The van der Waals surface area contributed by atoms with E-state index in [-0.39, 0.29) is 6.04 Å². The first-order valence-electron chi connectivity index (χ1n) is 8.66. The lowest BCUT2D eigenvalue weighted by molar-refractivity contribution is 0.586. The molecule has 1 aliphatic heterocycles. The number of hydrogen-bond donors (Lipinski definition) is 3. The molecule has 0 bridgehead atoms. The van der Waals surface area contributed by atoms with E-state index in [0.717, 1.165) is 19.3 Å². The number of nitrogens with one attached hydrogen (secondary N) is 3. The van der Waals surface area contributed by atoms with Crippen molar-refractivity contribution in [1.82, 2.24) is 15.4 Å². The van der Waals surface area contributed by atoms with Gasteiger partial charge in [0.05, 0.1) is 12.3 Å². The maximum Gasteiger partial charge on any atom is 0.208 e. The average Bonchev–Trinajstić information content (AvgIpc) is 3.11. The fourth-order valence-corrected chi connectivity index (χ4v) is 3.34. The molecule has 8 heteroatoms. The van der Waals surface area contributed by atoms with Crippen molar-refractivity contribution in [3.8, 4) is 0 Å². The van der Waals surface area contributed by atoms with Crippen molar-refractivity contribution in [2.24, 2.45) is 4.99 Å². The molecule has 0 amide bonds. The molecule has 1 atom stereocenters. The van der Waals surface area contributed by atoms with E-state index in [4.69, 9.17) is 0 Å². The Labute approximate surface area is 151 Å². The third-order valence-corrected chi connectivity index (χ3v) is 4.93. The van der Waals surface area contributed by atoms with Crippen LogP contribution in [0.15, 0.2) is 29.3 Å². The molecule has 1 aliphatic rings. The topological polar surface area (TPSA) is 85.8 Å².